The Morgan fingerprint density at radius 1 is 1.50 bits per heavy atom. The molecule has 4 nitrogen and oxygen atoms in total. The molecule has 0 saturated heterocycles. The van der Waals surface area contributed by atoms with Gasteiger partial charge < -0.3 is 15.5 Å². The van der Waals surface area contributed by atoms with Crippen molar-refractivity contribution < 1.29 is 15.0 Å². The van der Waals surface area contributed by atoms with Crippen LogP contribution in [0.3, 0.4) is 0 Å². The summed E-state index contributed by atoms with van der Waals surface area (Å²) < 4.78 is 0. The van der Waals surface area contributed by atoms with E-state index in [0.29, 0.717) is 17.1 Å². The van der Waals surface area contributed by atoms with Crippen LogP contribution in [0.4, 0.5) is 5.69 Å². The molecule has 0 amide bonds. The number of aromatic carboxylic acids is 1. The maximum atomic E-state index is 11.2. The molecule has 0 radical (unpaired) electrons. The Kier molecular flexibility index (Phi) is 4.99. The van der Waals surface area contributed by atoms with E-state index in [9.17, 15) is 4.79 Å². The molecule has 0 aliphatic rings. The van der Waals surface area contributed by atoms with Crippen molar-refractivity contribution >= 4 is 23.3 Å². The van der Waals surface area contributed by atoms with Crippen molar-refractivity contribution in [3.8, 4) is 0 Å². The van der Waals surface area contributed by atoms with Gasteiger partial charge in [0.15, 0.2) is 0 Å². The molecule has 0 saturated carbocycles. The third-order valence-electron chi connectivity index (χ3n) is 3.09. The number of carboxylic acid groups (broad SMARTS) is 1. The second kappa shape index (κ2) is 6.07. The number of carbonyl (C=O) groups is 1. The van der Waals surface area contributed by atoms with Crippen molar-refractivity contribution in [3.05, 3.63) is 28.8 Å². The van der Waals surface area contributed by atoms with Crippen LogP contribution < -0.4 is 5.32 Å². The normalized spacial score (nSPS) is 14.0. The van der Waals surface area contributed by atoms with Gasteiger partial charge in [0.1, 0.15) is 0 Å². The molecule has 1 atom stereocenters. The third kappa shape index (κ3) is 3.62. The van der Waals surface area contributed by atoms with Crippen LogP contribution in [0.15, 0.2) is 18.2 Å². The maximum absolute atomic E-state index is 11.2. The van der Waals surface area contributed by atoms with Crippen molar-refractivity contribution in [2.75, 3.05) is 11.9 Å². The van der Waals surface area contributed by atoms with Crippen LogP contribution in [-0.2, 0) is 0 Å². The molecule has 0 aliphatic carbocycles. The molecule has 0 heterocycles. The quantitative estimate of drug-likeness (QED) is 0.744. The Bertz CT molecular complexity index is 436. The fraction of sp³-hybridized carbons (Fsp3) is 0.462. The van der Waals surface area contributed by atoms with Crippen molar-refractivity contribution in [2.24, 2.45) is 0 Å². The molecule has 0 aromatic heterocycles. The maximum Gasteiger partial charge on any atom is 0.337 e. The summed E-state index contributed by atoms with van der Waals surface area (Å²) in [6.07, 6.45) is 1.32. The lowest BCUT2D eigenvalue weighted by Crippen LogP contribution is -2.35. The van der Waals surface area contributed by atoms with E-state index in [1.165, 1.54) is 6.07 Å². The zero-order valence-corrected chi connectivity index (χ0v) is 11.3. The fourth-order valence-corrected chi connectivity index (χ4v) is 1.87. The lowest BCUT2D eigenvalue weighted by Gasteiger charge is -2.31. The van der Waals surface area contributed by atoms with E-state index in [1.807, 2.05) is 13.8 Å². The molecule has 1 aromatic rings. The van der Waals surface area contributed by atoms with E-state index in [2.05, 4.69) is 5.32 Å². The minimum Gasteiger partial charge on any atom is -0.478 e. The number of aliphatic hydroxyl groups is 1. The lowest BCUT2D eigenvalue weighted by molar-refractivity contribution is 0.0698. The second-order valence-corrected chi connectivity index (χ2v) is 4.94. The number of aliphatic hydroxyl groups excluding tert-OH is 1. The highest BCUT2D eigenvalue weighted by Gasteiger charge is 2.23. The number of benzene rings is 1. The van der Waals surface area contributed by atoms with Crippen LogP contribution >= 0.6 is 11.6 Å². The topological polar surface area (TPSA) is 69.6 Å². The van der Waals surface area contributed by atoms with Crippen LogP contribution in [0, 0.1) is 0 Å². The average Bonchev–Trinajstić information content (AvgIpc) is 2.31. The van der Waals surface area contributed by atoms with Crippen molar-refractivity contribution in [2.45, 2.75) is 32.2 Å². The lowest BCUT2D eigenvalue weighted by atomic mass is 9.94. The summed E-state index contributed by atoms with van der Waals surface area (Å²) in [4.78, 5) is 11.2. The largest absolute Gasteiger partial charge is 0.478 e. The Labute approximate surface area is 112 Å². The van der Waals surface area contributed by atoms with Gasteiger partial charge in [0.2, 0.25) is 0 Å². The van der Waals surface area contributed by atoms with Crippen molar-refractivity contribution in [3.63, 3.8) is 0 Å². The molecule has 5 heteroatoms. The smallest absolute Gasteiger partial charge is 0.337 e. The van der Waals surface area contributed by atoms with E-state index < -0.39 is 5.97 Å². The van der Waals surface area contributed by atoms with Gasteiger partial charge in [0.25, 0.3) is 0 Å². The highest BCUT2D eigenvalue weighted by molar-refractivity contribution is 6.31. The SMILES string of the molecule is CCC(C)(CCO)Nc1ccc(Cl)cc1C(=O)O. The van der Waals surface area contributed by atoms with Crippen LogP contribution in [0.2, 0.25) is 5.02 Å². The molecule has 100 valence electrons. The van der Waals surface area contributed by atoms with E-state index in [1.54, 1.807) is 12.1 Å². The summed E-state index contributed by atoms with van der Waals surface area (Å²) in [7, 11) is 0. The van der Waals surface area contributed by atoms with Gasteiger partial charge in [-0.3, -0.25) is 0 Å². The number of halogens is 1. The van der Waals surface area contributed by atoms with E-state index in [4.69, 9.17) is 21.8 Å². The molecular weight excluding hydrogens is 254 g/mol. The third-order valence-corrected chi connectivity index (χ3v) is 3.33. The first kappa shape index (κ1) is 14.8. The zero-order valence-electron chi connectivity index (χ0n) is 10.5. The number of anilines is 1. The fourth-order valence-electron chi connectivity index (χ4n) is 1.70. The van der Waals surface area contributed by atoms with Crippen LogP contribution in [0.1, 0.15) is 37.0 Å². The minimum absolute atomic E-state index is 0.0489. The highest BCUT2D eigenvalue weighted by Crippen LogP contribution is 2.26. The van der Waals surface area contributed by atoms with Crippen molar-refractivity contribution in [1.82, 2.24) is 0 Å². The predicted octanol–water partition coefficient (Wildman–Crippen LogP) is 3.00. The molecule has 3 N–H and O–H groups in total. The first-order valence-electron chi connectivity index (χ1n) is 5.84. The Balaban J connectivity index is 3.06. The molecule has 1 rings (SSSR count). The summed E-state index contributed by atoms with van der Waals surface area (Å²) in [6, 6.07) is 4.71. The van der Waals surface area contributed by atoms with Gasteiger partial charge in [-0.1, -0.05) is 18.5 Å². The Morgan fingerprint density at radius 3 is 2.67 bits per heavy atom. The van der Waals surface area contributed by atoms with E-state index in [-0.39, 0.29) is 17.7 Å². The average molecular weight is 272 g/mol. The van der Waals surface area contributed by atoms with Crippen molar-refractivity contribution in [1.29, 1.82) is 0 Å². The molecule has 18 heavy (non-hydrogen) atoms. The number of rotatable bonds is 6. The molecule has 1 unspecified atom stereocenters. The zero-order chi connectivity index (χ0) is 13.8. The number of hydrogen-bond acceptors (Lipinski definition) is 3. The molecule has 0 aliphatic heterocycles. The summed E-state index contributed by atoms with van der Waals surface area (Å²) in [5.41, 5.74) is 0.317. The van der Waals surface area contributed by atoms with Gasteiger partial charge in [0, 0.05) is 22.9 Å². The second-order valence-electron chi connectivity index (χ2n) is 4.51. The predicted molar refractivity (Wildman–Crippen MR) is 72.4 cm³/mol. The molecule has 0 bridgehead atoms. The van der Waals surface area contributed by atoms with Gasteiger partial charge >= 0.3 is 5.97 Å². The Hall–Kier alpha value is -1.26. The number of nitrogens with one attached hydrogen (secondary N) is 1. The first-order valence-corrected chi connectivity index (χ1v) is 6.21. The molecular formula is C13H18ClNO3. The number of hydrogen-bond donors (Lipinski definition) is 3. The summed E-state index contributed by atoms with van der Waals surface area (Å²) in [5.74, 6) is -1.03. The Morgan fingerprint density at radius 2 is 2.17 bits per heavy atom. The number of carboxylic acids is 1. The standard InChI is InChI=1S/C13H18ClNO3/c1-3-13(2,6-7-16)15-11-5-4-9(14)8-10(11)12(17)18/h4-5,8,15-16H,3,6-7H2,1-2H3,(H,17,18). The van der Waals surface area contributed by atoms with E-state index >= 15 is 0 Å². The first-order chi connectivity index (χ1) is 8.41. The van der Waals surface area contributed by atoms with Gasteiger partial charge in [0.05, 0.1) is 5.56 Å². The van der Waals surface area contributed by atoms with Gasteiger partial charge in [-0.15, -0.1) is 0 Å². The molecule has 0 fully saturated rings. The van der Waals surface area contributed by atoms with Gasteiger partial charge in [-0.05, 0) is 38.0 Å². The highest BCUT2D eigenvalue weighted by atomic mass is 35.5. The summed E-state index contributed by atoms with van der Waals surface area (Å²) in [6.45, 7) is 3.98. The summed E-state index contributed by atoms with van der Waals surface area (Å²) in [5, 5.41) is 21.8. The monoisotopic (exact) mass is 271 g/mol. The molecule has 1 aromatic carbocycles. The van der Waals surface area contributed by atoms with Gasteiger partial charge in [-0.2, -0.15) is 0 Å². The van der Waals surface area contributed by atoms with Crippen LogP contribution in [0.5, 0.6) is 0 Å². The van der Waals surface area contributed by atoms with Gasteiger partial charge in [-0.25, -0.2) is 4.79 Å². The minimum atomic E-state index is -1.03. The van der Waals surface area contributed by atoms with Crippen LogP contribution in [0.25, 0.3) is 0 Å². The van der Waals surface area contributed by atoms with Crippen LogP contribution in [-0.4, -0.2) is 28.3 Å². The van der Waals surface area contributed by atoms with E-state index in [0.717, 1.165) is 6.42 Å². The summed E-state index contributed by atoms with van der Waals surface area (Å²) >= 11 is 5.80. The molecule has 0 spiro atoms.